The Balaban J connectivity index is 1.80. The molecule has 4 rings (SSSR count). The first kappa shape index (κ1) is 16.6. The van der Waals surface area contributed by atoms with E-state index < -0.39 is 0 Å². The molecule has 0 aromatic carbocycles. The third-order valence-corrected chi connectivity index (χ3v) is 4.89. The molecule has 3 aromatic heterocycles. The molecule has 0 aliphatic carbocycles. The molecule has 5 nitrogen and oxygen atoms in total. The zero-order chi connectivity index (χ0) is 17.9. The largest absolute Gasteiger partial charge is 0.341 e. The van der Waals surface area contributed by atoms with Crippen molar-refractivity contribution < 1.29 is 0 Å². The van der Waals surface area contributed by atoms with Crippen LogP contribution in [0.2, 0.25) is 0 Å². The second-order valence-corrected chi connectivity index (χ2v) is 7.05. The monoisotopic (exact) mass is 345 g/mol. The van der Waals surface area contributed by atoms with Gasteiger partial charge in [-0.2, -0.15) is 0 Å². The molecule has 26 heavy (non-hydrogen) atoms. The van der Waals surface area contributed by atoms with Crippen molar-refractivity contribution in [3.63, 3.8) is 0 Å². The van der Waals surface area contributed by atoms with E-state index in [0.717, 1.165) is 47.1 Å². The number of aromatic nitrogens is 4. The Morgan fingerprint density at radius 2 is 1.85 bits per heavy atom. The Kier molecular flexibility index (Phi) is 4.61. The average Bonchev–Trinajstić information content (AvgIpc) is 2.69. The van der Waals surface area contributed by atoms with Crippen molar-refractivity contribution in [2.24, 2.45) is 5.92 Å². The van der Waals surface area contributed by atoms with Gasteiger partial charge in [0.25, 0.3) is 0 Å². The minimum Gasteiger partial charge on any atom is -0.341 e. The third-order valence-electron chi connectivity index (χ3n) is 4.89. The Labute approximate surface area is 154 Å². The normalized spacial score (nSPS) is 17.3. The van der Waals surface area contributed by atoms with Crippen LogP contribution in [0.4, 0.5) is 5.95 Å². The number of hydrogen-bond donors (Lipinski definition) is 0. The first-order chi connectivity index (χ1) is 12.7. The first-order valence-electron chi connectivity index (χ1n) is 9.16. The molecule has 0 bridgehead atoms. The molecule has 0 saturated carbocycles. The number of rotatable bonds is 3. The summed E-state index contributed by atoms with van der Waals surface area (Å²) in [7, 11) is 0. The van der Waals surface area contributed by atoms with E-state index in [2.05, 4.69) is 27.9 Å². The molecule has 1 saturated heterocycles. The standard InChI is InChI=1S/C21H23N5/c1-15-4-3-11-26(14-15)21-24-13-19(17-7-9-22-10-8-17)20(25-21)18-6-5-16(2)23-12-18/h5-10,12-13,15H,3-4,11,14H2,1-2H3. The molecule has 4 heterocycles. The Morgan fingerprint density at radius 1 is 1.00 bits per heavy atom. The van der Waals surface area contributed by atoms with E-state index in [9.17, 15) is 0 Å². The van der Waals surface area contributed by atoms with E-state index >= 15 is 0 Å². The van der Waals surface area contributed by atoms with Gasteiger partial charge in [-0.25, -0.2) is 9.97 Å². The smallest absolute Gasteiger partial charge is 0.225 e. The minimum atomic E-state index is 0.678. The molecular weight excluding hydrogens is 322 g/mol. The second kappa shape index (κ2) is 7.20. The number of aryl methyl sites for hydroxylation is 1. The van der Waals surface area contributed by atoms with E-state index in [1.54, 1.807) is 12.4 Å². The molecule has 1 aliphatic rings. The van der Waals surface area contributed by atoms with Gasteiger partial charge in [0.05, 0.1) is 5.69 Å². The van der Waals surface area contributed by atoms with Crippen molar-refractivity contribution in [2.75, 3.05) is 18.0 Å². The van der Waals surface area contributed by atoms with Crippen LogP contribution in [0, 0.1) is 12.8 Å². The highest BCUT2D eigenvalue weighted by atomic mass is 15.3. The second-order valence-electron chi connectivity index (χ2n) is 7.05. The number of piperidine rings is 1. The highest BCUT2D eigenvalue weighted by molar-refractivity contribution is 5.80. The molecule has 1 fully saturated rings. The SMILES string of the molecule is Cc1ccc(-c2nc(N3CCCC(C)C3)ncc2-c2ccncc2)cn1. The van der Waals surface area contributed by atoms with E-state index in [4.69, 9.17) is 9.97 Å². The van der Waals surface area contributed by atoms with Gasteiger partial charge in [0, 0.05) is 54.7 Å². The van der Waals surface area contributed by atoms with Gasteiger partial charge in [-0.15, -0.1) is 0 Å². The summed E-state index contributed by atoms with van der Waals surface area (Å²) in [5.74, 6) is 1.49. The van der Waals surface area contributed by atoms with E-state index in [1.807, 2.05) is 37.5 Å². The predicted molar refractivity (Wildman–Crippen MR) is 104 cm³/mol. The van der Waals surface area contributed by atoms with Gasteiger partial charge < -0.3 is 4.90 Å². The number of nitrogens with zero attached hydrogens (tertiary/aromatic N) is 5. The van der Waals surface area contributed by atoms with Gasteiger partial charge in [-0.1, -0.05) is 6.92 Å². The van der Waals surface area contributed by atoms with Crippen LogP contribution in [-0.2, 0) is 0 Å². The molecule has 0 amide bonds. The molecule has 132 valence electrons. The van der Waals surface area contributed by atoms with E-state index in [0.29, 0.717) is 5.92 Å². The molecule has 1 unspecified atom stereocenters. The molecular formula is C21H23N5. The minimum absolute atomic E-state index is 0.678. The van der Waals surface area contributed by atoms with Crippen molar-refractivity contribution in [1.82, 2.24) is 19.9 Å². The first-order valence-corrected chi connectivity index (χ1v) is 9.16. The van der Waals surface area contributed by atoms with Gasteiger partial charge in [-0.05, 0) is 55.5 Å². The van der Waals surface area contributed by atoms with Crippen molar-refractivity contribution >= 4 is 5.95 Å². The highest BCUT2D eigenvalue weighted by Gasteiger charge is 2.20. The van der Waals surface area contributed by atoms with Crippen molar-refractivity contribution in [3.8, 4) is 22.4 Å². The molecule has 5 heteroatoms. The van der Waals surface area contributed by atoms with Crippen molar-refractivity contribution in [2.45, 2.75) is 26.7 Å². The summed E-state index contributed by atoms with van der Waals surface area (Å²) in [6.07, 6.45) is 9.90. The quantitative estimate of drug-likeness (QED) is 0.714. The maximum absolute atomic E-state index is 4.96. The fourth-order valence-electron chi connectivity index (χ4n) is 3.47. The van der Waals surface area contributed by atoms with Crippen LogP contribution in [-0.4, -0.2) is 33.0 Å². The summed E-state index contributed by atoms with van der Waals surface area (Å²) in [5, 5.41) is 0. The number of hydrogen-bond acceptors (Lipinski definition) is 5. The lowest BCUT2D eigenvalue weighted by Gasteiger charge is -2.31. The lowest BCUT2D eigenvalue weighted by Crippen LogP contribution is -2.35. The highest BCUT2D eigenvalue weighted by Crippen LogP contribution is 2.31. The van der Waals surface area contributed by atoms with Crippen molar-refractivity contribution in [1.29, 1.82) is 0 Å². The number of pyridine rings is 2. The summed E-state index contributed by atoms with van der Waals surface area (Å²) >= 11 is 0. The van der Waals surface area contributed by atoms with Crippen LogP contribution in [0.25, 0.3) is 22.4 Å². The van der Waals surface area contributed by atoms with Gasteiger partial charge in [0.15, 0.2) is 0 Å². The van der Waals surface area contributed by atoms with E-state index in [-0.39, 0.29) is 0 Å². The maximum atomic E-state index is 4.96. The molecule has 3 aromatic rings. The van der Waals surface area contributed by atoms with Gasteiger partial charge in [0.2, 0.25) is 5.95 Å². The Bertz CT molecular complexity index is 877. The van der Waals surface area contributed by atoms with Gasteiger partial charge in [0.1, 0.15) is 0 Å². The summed E-state index contributed by atoms with van der Waals surface area (Å²) in [4.78, 5) is 20.5. The molecule has 0 spiro atoms. The Hall–Kier alpha value is -2.82. The topological polar surface area (TPSA) is 54.8 Å². The van der Waals surface area contributed by atoms with E-state index in [1.165, 1.54) is 12.8 Å². The molecule has 0 N–H and O–H groups in total. The van der Waals surface area contributed by atoms with Gasteiger partial charge in [-0.3, -0.25) is 9.97 Å². The molecule has 0 radical (unpaired) electrons. The van der Waals surface area contributed by atoms with Crippen LogP contribution in [0.3, 0.4) is 0 Å². The third kappa shape index (κ3) is 3.43. The van der Waals surface area contributed by atoms with Gasteiger partial charge >= 0.3 is 0 Å². The lowest BCUT2D eigenvalue weighted by molar-refractivity contribution is 0.442. The average molecular weight is 345 g/mol. The number of anilines is 1. The van der Waals surface area contributed by atoms with Crippen LogP contribution < -0.4 is 4.90 Å². The maximum Gasteiger partial charge on any atom is 0.225 e. The van der Waals surface area contributed by atoms with Crippen LogP contribution in [0.5, 0.6) is 0 Å². The zero-order valence-corrected chi connectivity index (χ0v) is 15.3. The molecule has 1 atom stereocenters. The summed E-state index contributed by atoms with van der Waals surface area (Å²) in [5.41, 5.74) is 5.00. The summed E-state index contributed by atoms with van der Waals surface area (Å²) in [6, 6.07) is 8.09. The Morgan fingerprint density at radius 3 is 2.58 bits per heavy atom. The predicted octanol–water partition coefficient (Wildman–Crippen LogP) is 4.15. The molecule has 1 aliphatic heterocycles. The summed E-state index contributed by atoms with van der Waals surface area (Å²) in [6.45, 7) is 6.32. The lowest BCUT2D eigenvalue weighted by atomic mass is 10.0. The van der Waals surface area contributed by atoms with Crippen LogP contribution >= 0.6 is 0 Å². The zero-order valence-electron chi connectivity index (χ0n) is 15.3. The summed E-state index contributed by atoms with van der Waals surface area (Å²) < 4.78 is 0. The van der Waals surface area contributed by atoms with Crippen molar-refractivity contribution in [3.05, 3.63) is 54.7 Å². The fraction of sp³-hybridized carbons (Fsp3) is 0.333. The fourth-order valence-corrected chi connectivity index (χ4v) is 3.47. The van der Waals surface area contributed by atoms with Crippen LogP contribution in [0.1, 0.15) is 25.5 Å². The van der Waals surface area contributed by atoms with Crippen LogP contribution in [0.15, 0.2) is 49.1 Å².